The van der Waals surface area contributed by atoms with Crippen molar-refractivity contribution in [3.8, 4) is 0 Å². The molecule has 1 heterocycles. The molecule has 0 amide bonds. The maximum atomic E-state index is 6.55. The Kier molecular flexibility index (Phi) is 4.37. The van der Waals surface area contributed by atoms with E-state index in [4.69, 9.17) is 5.73 Å². The molecular formula is C19H21NS. The quantitative estimate of drug-likeness (QED) is 0.707. The SMILES string of the molecule is CCC(c1ccccc1)C(N)Cc1csc2ccccc12. The topological polar surface area (TPSA) is 26.0 Å². The van der Waals surface area contributed by atoms with Gasteiger partial charge in [-0.15, -0.1) is 11.3 Å². The van der Waals surface area contributed by atoms with Crippen LogP contribution in [0.3, 0.4) is 0 Å². The van der Waals surface area contributed by atoms with E-state index in [0.717, 1.165) is 12.8 Å². The van der Waals surface area contributed by atoms with E-state index in [9.17, 15) is 0 Å². The van der Waals surface area contributed by atoms with Crippen molar-refractivity contribution in [1.82, 2.24) is 0 Å². The molecule has 0 bridgehead atoms. The summed E-state index contributed by atoms with van der Waals surface area (Å²) in [6.45, 7) is 2.23. The fraction of sp³-hybridized carbons (Fsp3) is 0.263. The Balaban J connectivity index is 1.83. The van der Waals surface area contributed by atoms with Gasteiger partial charge in [-0.2, -0.15) is 0 Å². The molecule has 2 N–H and O–H groups in total. The van der Waals surface area contributed by atoms with Crippen LogP contribution in [0.2, 0.25) is 0 Å². The first kappa shape index (κ1) is 14.3. The van der Waals surface area contributed by atoms with Crippen LogP contribution in [-0.4, -0.2) is 6.04 Å². The summed E-state index contributed by atoms with van der Waals surface area (Å²) in [7, 11) is 0. The fourth-order valence-corrected chi connectivity index (χ4v) is 4.05. The molecule has 0 radical (unpaired) electrons. The zero-order valence-corrected chi connectivity index (χ0v) is 13.1. The van der Waals surface area contributed by atoms with Crippen LogP contribution in [0.25, 0.3) is 10.1 Å². The predicted octanol–water partition coefficient (Wildman–Crippen LogP) is 4.96. The molecule has 3 rings (SSSR count). The van der Waals surface area contributed by atoms with E-state index in [1.807, 2.05) is 11.3 Å². The minimum absolute atomic E-state index is 0.162. The molecule has 3 aromatic rings. The van der Waals surface area contributed by atoms with Gasteiger partial charge in [0.25, 0.3) is 0 Å². The normalized spacial score (nSPS) is 14.2. The fourth-order valence-electron chi connectivity index (χ4n) is 3.07. The predicted molar refractivity (Wildman–Crippen MR) is 93.0 cm³/mol. The van der Waals surface area contributed by atoms with Gasteiger partial charge in [-0.25, -0.2) is 0 Å². The van der Waals surface area contributed by atoms with Crippen LogP contribution in [0, 0.1) is 0 Å². The second-order valence-electron chi connectivity index (χ2n) is 5.55. The van der Waals surface area contributed by atoms with Gasteiger partial charge in [0.1, 0.15) is 0 Å². The molecule has 21 heavy (non-hydrogen) atoms. The van der Waals surface area contributed by atoms with E-state index in [-0.39, 0.29) is 6.04 Å². The molecule has 1 nitrogen and oxygen atoms in total. The number of rotatable bonds is 5. The molecule has 0 saturated carbocycles. The Bertz CT molecular complexity index is 702. The molecule has 108 valence electrons. The number of fused-ring (bicyclic) bond motifs is 1. The molecule has 2 aromatic carbocycles. The number of hydrogen-bond donors (Lipinski definition) is 1. The lowest BCUT2D eigenvalue weighted by Crippen LogP contribution is -2.30. The largest absolute Gasteiger partial charge is 0.327 e. The standard InChI is InChI=1S/C19H21NS/c1-2-16(14-8-4-3-5-9-14)18(20)12-15-13-21-19-11-7-6-10-17(15)19/h3-11,13,16,18H,2,12,20H2,1H3. The highest BCUT2D eigenvalue weighted by Crippen LogP contribution is 2.30. The summed E-state index contributed by atoms with van der Waals surface area (Å²) in [4.78, 5) is 0. The average Bonchev–Trinajstić information content (AvgIpc) is 2.92. The van der Waals surface area contributed by atoms with Gasteiger partial charge in [-0.05, 0) is 46.7 Å². The third-order valence-corrected chi connectivity index (χ3v) is 5.21. The van der Waals surface area contributed by atoms with Crippen molar-refractivity contribution in [3.63, 3.8) is 0 Å². The second-order valence-corrected chi connectivity index (χ2v) is 6.46. The molecule has 2 heteroatoms. The average molecular weight is 295 g/mol. The minimum Gasteiger partial charge on any atom is -0.327 e. The summed E-state index contributed by atoms with van der Waals surface area (Å²) in [6.07, 6.45) is 2.02. The summed E-state index contributed by atoms with van der Waals surface area (Å²) in [5, 5.41) is 3.63. The smallest absolute Gasteiger partial charge is 0.0345 e. The molecule has 1 aromatic heterocycles. The summed E-state index contributed by atoms with van der Waals surface area (Å²) >= 11 is 1.82. The molecule has 0 fully saturated rings. The van der Waals surface area contributed by atoms with Crippen molar-refractivity contribution in [2.45, 2.75) is 31.7 Å². The molecule has 0 aliphatic carbocycles. The first-order chi connectivity index (χ1) is 10.3. The molecule has 0 spiro atoms. The van der Waals surface area contributed by atoms with Crippen LogP contribution >= 0.6 is 11.3 Å². The Morgan fingerprint density at radius 1 is 1.00 bits per heavy atom. The summed E-state index contributed by atoms with van der Waals surface area (Å²) < 4.78 is 1.35. The third kappa shape index (κ3) is 3.02. The van der Waals surface area contributed by atoms with Crippen LogP contribution in [0.5, 0.6) is 0 Å². The van der Waals surface area contributed by atoms with Crippen molar-refractivity contribution in [3.05, 3.63) is 71.1 Å². The van der Waals surface area contributed by atoms with Crippen LogP contribution in [0.4, 0.5) is 0 Å². The van der Waals surface area contributed by atoms with Gasteiger partial charge in [0.2, 0.25) is 0 Å². The van der Waals surface area contributed by atoms with E-state index in [0.29, 0.717) is 5.92 Å². The lowest BCUT2D eigenvalue weighted by Gasteiger charge is -2.23. The minimum atomic E-state index is 0.162. The van der Waals surface area contributed by atoms with Gasteiger partial charge in [0, 0.05) is 10.7 Å². The first-order valence-corrected chi connectivity index (χ1v) is 8.43. The van der Waals surface area contributed by atoms with E-state index in [1.54, 1.807) is 0 Å². The number of thiophene rings is 1. The maximum absolute atomic E-state index is 6.55. The Morgan fingerprint density at radius 3 is 2.48 bits per heavy atom. The first-order valence-electron chi connectivity index (χ1n) is 7.55. The highest BCUT2D eigenvalue weighted by Gasteiger charge is 2.19. The lowest BCUT2D eigenvalue weighted by molar-refractivity contribution is 0.516. The molecule has 2 unspecified atom stereocenters. The maximum Gasteiger partial charge on any atom is 0.0345 e. The molecule has 0 aliphatic heterocycles. The van der Waals surface area contributed by atoms with Gasteiger partial charge >= 0.3 is 0 Å². The summed E-state index contributed by atoms with van der Waals surface area (Å²) in [5.74, 6) is 0.421. The van der Waals surface area contributed by atoms with Gasteiger partial charge in [-0.1, -0.05) is 55.5 Å². The number of benzene rings is 2. The van der Waals surface area contributed by atoms with E-state index in [1.165, 1.54) is 21.2 Å². The summed E-state index contributed by atoms with van der Waals surface area (Å²) in [5.41, 5.74) is 9.29. The van der Waals surface area contributed by atoms with Gasteiger partial charge < -0.3 is 5.73 Å². The van der Waals surface area contributed by atoms with E-state index >= 15 is 0 Å². The molecule has 0 saturated heterocycles. The molecule has 0 aliphatic rings. The molecule has 2 atom stereocenters. The highest BCUT2D eigenvalue weighted by atomic mass is 32.1. The van der Waals surface area contributed by atoms with Crippen molar-refractivity contribution in [1.29, 1.82) is 0 Å². The van der Waals surface area contributed by atoms with Crippen LogP contribution in [0.1, 0.15) is 30.4 Å². The van der Waals surface area contributed by atoms with Crippen molar-refractivity contribution < 1.29 is 0 Å². The van der Waals surface area contributed by atoms with Gasteiger partial charge in [0.15, 0.2) is 0 Å². The van der Waals surface area contributed by atoms with Crippen LogP contribution < -0.4 is 5.73 Å². The zero-order chi connectivity index (χ0) is 14.7. The van der Waals surface area contributed by atoms with Crippen molar-refractivity contribution in [2.75, 3.05) is 0 Å². The van der Waals surface area contributed by atoms with Crippen LogP contribution in [-0.2, 0) is 6.42 Å². The number of nitrogens with two attached hydrogens (primary N) is 1. The van der Waals surface area contributed by atoms with Gasteiger partial charge in [-0.3, -0.25) is 0 Å². The summed E-state index contributed by atoms with van der Waals surface area (Å²) in [6, 6.07) is 19.4. The monoisotopic (exact) mass is 295 g/mol. The Morgan fingerprint density at radius 2 is 1.71 bits per heavy atom. The van der Waals surface area contributed by atoms with Crippen molar-refractivity contribution >= 4 is 21.4 Å². The Labute approximate surface area is 130 Å². The zero-order valence-electron chi connectivity index (χ0n) is 12.3. The lowest BCUT2D eigenvalue weighted by atomic mass is 9.86. The van der Waals surface area contributed by atoms with Gasteiger partial charge in [0.05, 0.1) is 0 Å². The Hall–Kier alpha value is -1.64. The van der Waals surface area contributed by atoms with Crippen molar-refractivity contribution in [2.24, 2.45) is 5.73 Å². The third-order valence-electron chi connectivity index (χ3n) is 4.20. The van der Waals surface area contributed by atoms with Crippen LogP contribution in [0.15, 0.2) is 60.0 Å². The van der Waals surface area contributed by atoms with E-state index < -0.39 is 0 Å². The number of hydrogen-bond acceptors (Lipinski definition) is 2. The molecular weight excluding hydrogens is 274 g/mol. The highest BCUT2D eigenvalue weighted by molar-refractivity contribution is 7.17. The van der Waals surface area contributed by atoms with E-state index in [2.05, 4.69) is 66.9 Å². The second kappa shape index (κ2) is 6.42.